The normalized spacial score (nSPS) is 10.3. The molecule has 19 heavy (non-hydrogen) atoms. The summed E-state index contributed by atoms with van der Waals surface area (Å²) in [5.41, 5.74) is 0.794. The largest absolute Gasteiger partial charge is 0.488 e. The Morgan fingerprint density at radius 3 is 2.58 bits per heavy atom. The first-order chi connectivity index (χ1) is 9.19. The molecule has 0 bridgehead atoms. The van der Waals surface area contributed by atoms with Crippen LogP contribution in [0.1, 0.15) is 5.56 Å². The number of benzene rings is 2. The molecule has 1 N–H and O–H groups in total. The van der Waals surface area contributed by atoms with Crippen LogP contribution in [0.2, 0.25) is 0 Å². The minimum Gasteiger partial charge on any atom is -0.488 e. The summed E-state index contributed by atoms with van der Waals surface area (Å²) in [5.74, 6) is 5.80. The highest BCUT2D eigenvalue weighted by molar-refractivity contribution is 5.85. The van der Waals surface area contributed by atoms with E-state index in [2.05, 4.69) is 11.8 Å². The van der Waals surface area contributed by atoms with Crippen LogP contribution in [0.4, 0.5) is 8.78 Å². The summed E-state index contributed by atoms with van der Waals surface area (Å²) in [5, 5.41) is 10.5. The summed E-state index contributed by atoms with van der Waals surface area (Å²) in [6.07, 6.45) is -2.48. The van der Waals surface area contributed by atoms with Gasteiger partial charge in [-0.2, -0.15) is 0 Å². The highest BCUT2D eigenvalue weighted by Gasteiger charge is 2.04. The van der Waals surface area contributed by atoms with Gasteiger partial charge in [-0.15, -0.1) is 0 Å². The van der Waals surface area contributed by atoms with Gasteiger partial charge in [-0.3, -0.25) is 0 Å². The maximum absolute atomic E-state index is 12.0. The van der Waals surface area contributed by atoms with Gasteiger partial charge in [0.2, 0.25) is 0 Å². The lowest BCUT2D eigenvalue weighted by atomic mass is 10.1. The van der Waals surface area contributed by atoms with E-state index in [1.165, 1.54) is 0 Å². The molecule has 0 spiro atoms. The molecule has 0 heterocycles. The van der Waals surface area contributed by atoms with Gasteiger partial charge >= 0.3 is 0 Å². The van der Waals surface area contributed by atoms with Crippen molar-refractivity contribution in [3.05, 3.63) is 42.0 Å². The molecule has 2 aromatic carbocycles. The summed E-state index contributed by atoms with van der Waals surface area (Å²) in [6, 6.07) is 10.7. The van der Waals surface area contributed by atoms with Gasteiger partial charge in [-0.1, -0.05) is 24.0 Å². The number of aliphatic hydroxyl groups is 1. The number of halogens is 2. The molecule has 0 aromatic heterocycles. The third-order valence-electron chi connectivity index (χ3n) is 2.50. The van der Waals surface area contributed by atoms with Crippen LogP contribution in [0.15, 0.2) is 36.4 Å². The second-order valence-electron chi connectivity index (χ2n) is 3.89. The van der Waals surface area contributed by atoms with Gasteiger partial charge in [0.15, 0.2) is 0 Å². The maximum atomic E-state index is 12.0. The van der Waals surface area contributed by atoms with E-state index < -0.39 is 13.0 Å². The first-order valence-electron chi connectivity index (χ1n) is 5.73. The Balaban J connectivity index is 2.25. The predicted octanol–water partition coefficient (Wildman–Crippen LogP) is 2.83. The zero-order chi connectivity index (χ0) is 13.7. The Morgan fingerprint density at radius 2 is 1.84 bits per heavy atom. The molecule has 0 radical (unpaired) electrons. The van der Waals surface area contributed by atoms with Gasteiger partial charge in [0, 0.05) is 5.56 Å². The number of ether oxygens (including phenoxy) is 1. The molecule has 0 atom stereocenters. The molecule has 0 amide bonds. The molecule has 98 valence electrons. The molecule has 2 aromatic rings. The monoisotopic (exact) mass is 262 g/mol. The molecule has 0 saturated carbocycles. The SMILES string of the molecule is OCC#Cc1ccc2cc(OCC(F)F)ccc2c1. The van der Waals surface area contributed by atoms with Crippen molar-refractivity contribution in [3.8, 4) is 17.6 Å². The maximum Gasteiger partial charge on any atom is 0.272 e. The zero-order valence-electron chi connectivity index (χ0n) is 10.1. The van der Waals surface area contributed by atoms with Crippen LogP contribution < -0.4 is 4.74 Å². The van der Waals surface area contributed by atoms with Gasteiger partial charge in [0.05, 0.1) is 0 Å². The number of aliphatic hydroxyl groups excluding tert-OH is 1. The van der Waals surface area contributed by atoms with E-state index >= 15 is 0 Å². The molecule has 4 heteroatoms. The van der Waals surface area contributed by atoms with Gasteiger partial charge < -0.3 is 9.84 Å². The van der Waals surface area contributed by atoms with Gasteiger partial charge in [-0.05, 0) is 35.0 Å². The molecule has 0 fully saturated rings. The molecule has 0 aliphatic carbocycles. The van der Waals surface area contributed by atoms with Crippen LogP contribution in [0.3, 0.4) is 0 Å². The summed E-state index contributed by atoms with van der Waals surface area (Å²) >= 11 is 0. The summed E-state index contributed by atoms with van der Waals surface area (Å²) in [4.78, 5) is 0. The van der Waals surface area contributed by atoms with Crippen LogP contribution in [0.25, 0.3) is 10.8 Å². The molecule has 0 unspecified atom stereocenters. The van der Waals surface area contributed by atoms with E-state index in [4.69, 9.17) is 9.84 Å². The van der Waals surface area contributed by atoms with Crippen molar-refractivity contribution in [2.24, 2.45) is 0 Å². The third-order valence-corrected chi connectivity index (χ3v) is 2.50. The van der Waals surface area contributed by atoms with Crippen molar-refractivity contribution in [2.45, 2.75) is 6.43 Å². The van der Waals surface area contributed by atoms with Crippen molar-refractivity contribution in [1.29, 1.82) is 0 Å². The van der Waals surface area contributed by atoms with E-state index in [-0.39, 0.29) is 6.61 Å². The Labute approximate surface area is 109 Å². The first kappa shape index (κ1) is 13.3. The average Bonchev–Trinajstić information content (AvgIpc) is 2.42. The fraction of sp³-hybridized carbons (Fsp3) is 0.200. The van der Waals surface area contributed by atoms with Crippen molar-refractivity contribution in [1.82, 2.24) is 0 Å². The summed E-state index contributed by atoms with van der Waals surface area (Å²) < 4.78 is 29.0. The fourth-order valence-corrected chi connectivity index (χ4v) is 1.69. The molecular formula is C15H12F2O2. The van der Waals surface area contributed by atoms with Crippen LogP contribution in [0, 0.1) is 11.8 Å². The smallest absolute Gasteiger partial charge is 0.272 e. The second-order valence-corrected chi connectivity index (χ2v) is 3.89. The van der Waals surface area contributed by atoms with E-state index in [9.17, 15) is 8.78 Å². The lowest BCUT2D eigenvalue weighted by molar-refractivity contribution is 0.0820. The average molecular weight is 262 g/mol. The quantitative estimate of drug-likeness (QED) is 0.862. The van der Waals surface area contributed by atoms with Crippen LogP contribution in [-0.4, -0.2) is 24.7 Å². The van der Waals surface area contributed by atoms with E-state index in [0.717, 1.165) is 16.3 Å². The molecule has 2 nitrogen and oxygen atoms in total. The van der Waals surface area contributed by atoms with E-state index in [1.807, 2.05) is 18.2 Å². The summed E-state index contributed by atoms with van der Waals surface area (Å²) in [6.45, 7) is -0.788. The van der Waals surface area contributed by atoms with Gasteiger partial charge in [0.1, 0.15) is 19.0 Å². The first-order valence-corrected chi connectivity index (χ1v) is 5.73. The van der Waals surface area contributed by atoms with Crippen LogP contribution in [0.5, 0.6) is 5.75 Å². The Kier molecular flexibility index (Phi) is 4.32. The van der Waals surface area contributed by atoms with E-state index in [0.29, 0.717) is 5.75 Å². The Morgan fingerprint density at radius 1 is 1.11 bits per heavy atom. The van der Waals surface area contributed by atoms with Crippen molar-refractivity contribution >= 4 is 10.8 Å². The predicted molar refractivity (Wildman–Crippen MR) is 69.4 cm³/mol. The topological polar surface area (TPSA) is 29.5 Å². The Hall–Kier alpha value is -2.12. The standard InChI is InChI=1S/C15H12F2O2/c16-15(17)10-19-14-6-5-12-8-11(2-1-7-18)3-4-13(12)9-14/h3-6,8-9,15,18H,7,10H2. The highest BCUT2D eigenvalue weighted by atomic mass is 19.3. The molecule has 0 aliphatic heterocycles. The molecule has 2 rings (SSSR count). The second kappa shape index (κ2) is 6.17. The lowest BCUT2D eigenvalue weighted by Crippen LogP contribution is -2.06. The number of alkyl halides is 2. The van der Waals surface area contributed by atoms with Gasteiger partial charge in [-0.25, -0.2) is 8.78 Å². The minimum absolute atomic E-state index is 0.182. The lowest BCUT2D eigenvalue weighted by Gasteiger charge is -2.06. The Bertz CT molecular complexity index is 627. The molecule has 0 aliphatic rings. The van der Waals surface area contributed by atoms with Crippen LogP contribution >= 0.6 is 0 Å². The number of hydrogen-bond donors (Lipinski definition) is 1. The number of fused-ring (bicyclic) bond motifs is 1. The summed E-state index contributed by atoms with van der Waals surface area (Å²) in [7, 11) is 0. The minimum atomic E-state index is -2.48. The fourth-order valence-electron chi connectivity index (χ4n) is 1.69. The number of rotatable bonds is 3. The van der Waals surface area contributed by atoms with Crippen molar-refractivity contribution in [3.63, 3.8) is 0 Å². The van der Waals surface area contributed by atoms with E-state index in [1.54, 1.807) is 18.2 Å². The van der Waals surface area contributed by atoms with Crippen LogP contribution in [-0.2, 0) is 0 Å². The number of hydrogen-bond acceptors (Lipinski definition) is 2. The zero-order valence-corrected chi connectivity index (χ0v) is 10.1. The molecular weight excluding hydrogens is 250 g/mol. The molecule has 0 saturated heterocycles. The van der Waals surface area contributed by atoms with Crippen molar-refractivity contribution < 1.29 is 18.6 Å². The van der Waals surface area contributed by atoms with Gasteiger partial charge in [0.25, 0.3) is 6.43 Å². The third kappa shape index (κ3) is 3.67. The highest BCUT2D eigenvalue weighted by Crippen LogP contribution is 2.22. The van der Waals surface area contributed by atoms with Crippen molar-refractivity contribution in [2.75, 3.05) is 13.2 Å².